The van der Waals surface area contributed by atoms with Gasteiger partial charge in [-0.05, 0) is 0 Å². The van der Waals surface area contributed by atoms with Crippen LogP contribution in [0.4, 0.5) is 0 Å². The van der Waals surface area contributed by atoms with Crippen molar-refractivity contribution in [3.63, 3.8) is 0 Å². The second-order valence-corrected chi connectivity index (χ2v) is 9.62. The first kappa shape index (κ1) is 18.5. The Labute approximate surface area is 150 Å². The van der Waals surface area contributed by atoms with E-state index >= 15 is 0 Å². The molecule has 0 spiro atoms. The molecule has 0 aliphatic carbocycles. The molecule has 3 rings (SSSR count). The number of hydrogen-bond donors (Lipinski definition) is 3. The van der Waals surface area contributed by atoms with Crippen LogP contribution in [0.5, 0.6) is 0 Å². The third-order valence-corrected chi connectivity index (χ3v) is 4.67. The van der Waals surface area contributed by atoms with E-state index in [0.717, 1.165) is 0 Å². The van der Waals surface area contributed by atoms with Gasteiger partial charge in [-0.1, -0.05) is 0 Å². The maximum Gasteiger partial charge on any atom is 0.428 e. The molecule has 0 aromatic heterocycles. The van der Waals surface area contributed by atoms with Crippen molar-refractivity contribution < 1.29 is 38.4 Å². The molecule has 3 N–H and O–H groups in total. The fourth-order valence-corrected chi connectivity index (χ4v) is 3.60. The summed E-state index contributed by atoms with van der Waals surface area (Å²) in [6.45, 7) is 0. The Morgan fingerprint density at radius 3 is 2.72 bits per heavy atom. The zero-order chi connectivity index (χ0) is 18.5. The van der Waals surface area contributed by atoms with Crippen molar-refractivity contribution in [3.05, 3.63) is 23.4 Å². The van der Waals surface area contributed by atoms with Crippen molar-refractivity contribution in [2.75, 3.05) is 7.11 Å². The standard InChI is InChI=1S/C12H13Cl2N2O8P/c1-22-5(17)2-4-3-16-10(15-11(4)20)9(24-25(13,14)21)8-6(18)7(19)12(16)23-8/h3,6-8,12,18-19H,2H2,1H3,(H,15,20)/t6-,7+,8+,12-/m1/s1. The predicted molar refractivity (Wildman–Crippen MR) is 82.8 cm³/mol. The van der Waals surface area contributed by atoms with Crippen LogP contribution in [0, 0.1) is 0 Å². The summed E-state index contributed by atoms with van der Waals surface area (Å²) in [7, 11) is 1.17. The average molecular weight is 415 g/mol. The van der Waals surface area contributed by atoms with Gasteiger partial charge >= 0.3 is 12.0 Å². The minimum Gasteiger partial charge on any atom is -0.469 e. The summed E-state index contributed by atoms with van der Waals surface area (Å²) in [6, 6.07) is 0. The van der Waals surface area contributed by atoms with Gasteiger partial charge in [0.2, 0.25) is 0 Å². The van der Waals surface area contributed by atoms with E-state index in [1.165, 1.54) is 18.2 Å². The lowest BCUT2D eigenvalue weighted by Gasteiger charge is -2.38. The zero-order valence-corrected chi connectivity index (χ0v) is 15.0. The van der Waals surface area contributed by atoms with Crippen LogP contribution >= 0.6 is 28.6 Å². The van der Waals surface area contributed by atoms with Gasteiger partial charge in [-0.15, -0.1) is 0 Å². The van der Waals surface area contributed by atoms with E-state index in [1.54, 1.807) is 0 Å². The van der Waals surface area contributed by atoms with Gasteiger partial charge in [0.25, 0.3) is 5.91 Å². The number of nitrogens with one attached hydrogen (secondary N) is 1. The summed E-state index contributed by atoms with van der Waals surface area (Å²) in [5.41, 5.74) is 0.0190. The lowest BCUT2D eigenvalue weighted by Crippen LogP contribution is -2.50. The molecule has 0 aromatic rings. The van der Waals surface area contributed by atoms with Crippen molar-refractivity contribution in [2.24, 2.45) is 0 Å². The molecule has 0 aromatic carbocycles. The summed E-state index contributed by atoms with van der Waals surface area (Å²) in [5.74, 6) is -1.64. The molecular formula is C12H13Cl2N2O8P. The summed E-state index contributed by atoms with van der Waals surface area (Å²) >= 11 is 10.9. The number of esters is 1. The summed E-state index contributed by atoms with van der Waals surface area (Å²) < 4.78 is 26.6. The van der Waals surface area contributed by atoms with Gasteiger partial charge in [0.1, 0.15) is 18.3 Å². The molecule has 25 heavy (non-hydrogen) atoms. The Morgan fingerprint density at radius 2 is 2.12 bits per heavy atom. The number of aliphatic hydroxyl groups is 2. The third-order valence-electron chi connectivity index (χ3n) is 3.85. The zero-order valence-electron chi connectivity index (χ0n) is 12.6. The van der Waals surface area contributed by atoms with Crippen LogP contribution in [0.1, 0.15) is 6.42 Å². The van der Waals surface area contributed by atoms with Crippen LogP contribution in [-0.4, -0.2) is 58.6 Å². The maximum absolute atomic E-state index is 12.2. The molecule has 138 valence electrons. The van der Waals surface area contributed by atoms with Crippen LogP contribution in [0.15, 0.2) is 23.4 Å². The van der Waals surface area contributed by atoms with Crippen LogP contribution in [0.25, 0.3) is 0 Å². The predicted octanol–water partition coefficient (Wildman–Crippen LogP) is 0.0969. The van der Waals surface area contributed by atoms with Gasteiger partial charge in [-0.25, -0.2) is 4.57 Å². The lowest BCUT2D eigenvalue weighted by molar-refractivity contribution is -0.140. The summed E-state index contributed by atoms with van der Waals surface area (Å²) in [4.78, 5) is 24.9. The molecule has 3 aliphatic rings. The van der Waals surface area contributed by atoms with Crippen molar-refractivity contribution in [1.82, 2.24) is 10.2 Å². The molecule has 2 bridgehead atoms. The monoisotopic (exact) mass is 414 g/mol. The molecule has 13 heteroatoms. The average Bonchev–Trinajstić information content (AvgIpc) is 2.78. The smallest absolute Gasteiger partial charge is 0.428 e. The topological polar surface area (TPSA) is 135 Å². The van der Waals surface area contributed by atoms with E-state index in [9.17, 15) is 24.4 Å². The molecular weight excluding hydrogens is 402 g/mol. The third kappa shape index (κ3) is 3.38. The quantitative estimate of drug-likeness (QED) is 0.432. The van der Waals surface area contributed by atoms with Gasteiger partial charge in [0, 0.05) is 34.3 Å². The minimum atomic E-state index is -4.10. The van der Waals surface area contributed by atoms with Crippen molar-refractivity contribution >= 4 is 40.4 Å². The van der Waals surface area contributed by atoms with Gasteiger partial charge in [-0.3, -0.25) is 9.59 Å². The highest BCUT2D eigenvalue weighted by atomic mass is 35.9. The van der Waals surface area contributed by atoms with Crippen molar-refractivity contribution in [1.29, 1.82) is 0 Å². The normalized spacial score (nSPS) is 31.3. The number of amides is 1. The number of fused-ring (bicyclic) bond motifs is 4. The van der Waals surface area contributed by atoms with E-state index in [0.29, 0.717) is 0 Å². The Hall–Kier alpha value is -1.29. The molecule has 0 saturated carbocycles. The second kappa shape index (κ2) is 6.46. The molecule has 1 amide bonds. The van der Waals surface area contributed by atoms with E-state index in [1.807, 2.05) is 0 Å². The van der Waals surface area contributed by atoms with E-state index in [4.69, 9.17) is 31.7 Å². The Balaban J connectivity index is 2.04. The highest BCUT2D eigenvalue weighted by Crippen LogP contribution is 2.61. The Bertz CT molecular complexity index is 735. The first-order valence-electron chi connectivity index (χ1n) is 6.94. The SMILES string of the molecule is COC(=O)CC1=CN2C(=C(OP(=O)(Cl)Cl)[C@H]3O[C@@H]2[C@@H](O)[C@H]3O)NC1=O. The maximum atomic E-state index is 12.2. The van der Waals surface area contributed by atoms with Gasteiger partial charge in [0.05, 0.1) is 13.5 Å². The lowest BCUT2D eigenvalue weighted by atomic mass is 10.1. The summed E-state index contributed by atoms with van der Waals surface area (Å²) in [6.07, 6.45) is -8.30. The number of ether oxygens (including phenoxy) is 2. The summed E-state index contributed by atoms with van der Waals surface area (Å²) in [5, 5.41) is 22.7. The number of methoxy groups -OCH3 is 1. The van der Waals surface area contributed by atoms with E-state index in [-0.39, 0.29) is 23.6 Å². The highest BCUT2D eigenvalue weighted by Gasteiger charge is 2.55. The number of halogens is 2. The first-order chi connectivity index (χ1) is 11.6. The van der Waals surface area contributed by atoms with Crippen molar-refractivity contribution in [2.45, 2.75) is 31.0 Å². The molecule has 4 atom stereocenters. The molecule has 3 heterocycles. The van der Waals surface area contributed by atoms with Crippen LogP contribution < -0.4 is 5.32 Å². The number of carbonyl (C=O) groups excluding carboxylic acids is 2. The largest absolute Gasteiger partial charge is 0.469 e. The highest BCUT2D eigenvalue weighted by molar-refractivity contribution is 8.05. The fourth-order valence-electron chi connectivity index (χ4n) is 2.74. The Morgan fingerprint density at radius 1 is 1.44 bits per heavy atom. The number of aliphatic hydroxyl groups excluding tert-OH is 2. The van der Waals surface area contributed by atoms with E-state index < -0.39 is 42.5 Å². The fraction of sp³-hybridized carbons (Fsp3) is 0.500. The van der Waals surface area contributed by atoms with Gasteiger partial charge < -0.3 is 34.4 Å². The van der Waals surface area contributed by atoms with E-state index in [2.05, 4.69) is 10.1 Å². The number of carbonyl (C=O) groups is 2. The molecule has 0 radical (unpaired) electrons. The molecule has 3 aliphatic heterocycles. The Kier molecular flexibility index (Phi) is 4.78. The molecule has 1 fully saturated rings. The molecule has 1 saturated heterocycles. The number of rotatable bonds is 4. The van der Waals surface area contributed by atoms with Crippen molar-refractivity contribution in [3.8, 4) is 0 Å². The first-order valence-corrected chi connectivity index (χ1v) is 10.4. The van der Waals surface area contributed by atoms with Gasteiger partial charge in [-0.2, -0.15) is 0 Å². The van der Waals surface area contributed by atoms with Crippen LogP contribution in [0.3, 0.4) is 0 Å². The number of hydrogen-bond acceptors (Lipinski definition) is 9. The van der Waals surface area contributed by atoms with Crippen LogP contribution in [0.2, 0.25) is 0 Å². The van der Waals surface area contributed by atoms with Gasteiger partial charge in [0.15, 0.2) is 17.8 Å². The molecule has 0 unspecified atom stereocenters. The minimum absolute atomic E-state index is 0.0190. The number of nitrogens with zero attached hydrogens (tertiary/aromatic N) is 1. The van der Waals surface area contributed by atoms with Crippen LogP contribution in [-0.2, 0) is 28.2 Å². The second-order valence-electron chi connectivity index (χ2n) is 5.42. The molecule has 10 nitrogen and oxygen atoms in total.